The number of aryl methyl sites for hydroxylation is 1. The van der Waals surface area contributed by atoms with Crippen LogP contribution in [0.15, 0.2) is 59.6 Å². The van der Waals surface area contributed by atoms with E-state index in [1.807, 2.05) is 6.07 Å². The minimum Gasteiger partial charge on any atom is -0.354 e. The van der Waals surface area contributed by atoms with Crippen LogP contribution < -0.4 is 10.6 Å². The minimum absolute atomic E-state index is 0.217. The second-order valence-corrected chi connectivity index (χ2v) is 5.07. The third kappa shape index (κ3) is 2.82. The average Bonchev–Trinajstić information content (AvgIpc) is 2.95. The average molecular weight is 265 g/mol. The van der Waals surface area contributed by atoms with Gasteiger partial charge in [-0.1, -0.05) is 54.6 Å². The van der Waals surface area contributed by atoms with Crippen LogP contribution in [0.4, 0.5) is 0 Å². The van der Waals surface area contributed by atoms with Gasteiger partial charge in [0.15, 0.2) is 5.96 Å². The summed E-state index contributed by atoms with van der Waals surface area (Å²) in [7, 11) is 0. The molecular formula is C17H19N3. The van der Waals surface area contributed by atoms with E-state index >= 15 is 0 Å². The molecule has 0 saturated carbocycles. The molecule has 3 nitrogen and oxygen atoms in total. The first kappa shape index (κ1) is 12.7. The lowest BCUT2D eigenvalue weighted by molar-refractivity contribution is 0.744. The molecule has 0 amide bonds. The van der Waals surface area contributed by atoms with Gasteiger partial charge >= 0.3 is 0 Å². The molecule has 1 atom stereocenters. The van der Waals surface area contributed by atoms with Crippen molar-refractivity contribution in [1.29, 1.82) is 0 Å². The van der Waals surface area contributed by atoms with E-state index in [4.69, 9.17) is 4.99 Å². The Morgan fingerprint density at radius 3 is 2.65 bits per heavy atom. The Bertz CT molecular complexity index is 605. The number of aliphatic imine (C=N–C) groups is 1. The van der Waals surface area contributed by atoms with E-state index in [1.165, 1.54) is 16.7 Å². The molecule has 2 N–H and O–H groups in total. The number of hydrogen-bond acceptors (Lipinski definition) is 3. The first-order valence-electron chi connectivity index (χ1n) is 6.98. The molecule has 3 heteroatoms. The van der Waals surface area contributed by atoms with Crippen molar-refractivity contribution in [3.8, 4) is 0 Å². The van der Waals surface area contributed by atoms with Crippen molar-refractivity contribution in [3.63, 3.8) is 0 Å². The Balaban J connectivity index is 1.65. The summed E-state index contributed by atoms with van der Waals surface area (Å²) in [6.45, 7) is 3.80. The lowest BCUT2D eigenvalue weighted by atomic mass is 10.0. The number of guanidine groups is 1. The second-order valence-electron chi connectivity index (χ2n) is 5.07. The van der Waals surface area contributed by atoms with Gasteiger partial charge < -0.3 is 10.6 Å². The standard InChI is InChI=1S/C17H19N3/c1-13-7-5-6-10-15(13)16-12-19-17(20-16)18-11-14-8-3-2-4-9-14/h2-10,16H,11-12H2,1H3,(H2,18,19,20)/t16-/m1/s1. The van der Waals surface area contributed by atoms with Crippen LogP contribution >= 0.6 is 0 Å². The summed E-state index contributed by atoms with van der Waals surface area (Å²) < 4.78 is 0. The second kappa shape index (κ2) is 5.78. The summed E-state index contributed by atoms with van der Waals surface area (Å²) in [4.78, 5) is 4.73. The largest absolute Gasteiger partial charge is 0.354 e. The molecule has 0 bridgehead atoms. The van der Waals surface area contributed by atoms with Gasteiger partial charge in [-0.05, 0) is 23.6 Å². The molecule has 2 aromatic carbocycles. The Morgan fingerprint density at radius 2 is 1.85 bits per heavy atom. The van der Waals surface area contributed by atoms with Gasteiger partial charge in [0.2, 0.25) is 0 Å². The van der Waals surface area contributed by atoms with Gasteiger partial charge in [0.25, 0.3) is 0 Å². The maximum absolute atomic E-state index is 4.73. The molecule has 102 valence electrons. The Labute approximate surface area is 119 Å². The highest BCUT2D eigenvalue weighted by atomic mass is 15.2. The van der Waals surface area contributed by atoms with Crippen molar-refractivity contribution < 1.29 is 0 Å². The van der Waals surface area contributed by atoms with Crippen LogP contribution in [0, 0.1) is 6.92 Å². The zero-order valence-corrected chi connectivity index (χ0v) is 11.6. The van der Waals surface area contributed by atoms with Gasteiger partial charge in [-0.3, -0.25) is 0 Å². The number of nitrogens with zero attached hydrogens (tertiary/aromatic N) is 1. The maximum Gasteiger partial charge on any atom is 0.192 e. The van der Waals surface area contributed by atoms with Crippen molar-refractivity contribution in [2.45, 2.75) is 19.5 Å². The summed E-state index contributed by atoms with van der Waals surface area (Å²) in [5.41, 5.74) is 3.86. The fourth-order valence-corrected chi connectivity index (χ4v) is 2.47. The molecule has 0 aromatic heterocycles. The Kier molecular flexibility index (Phi) is 3.68. The Morgan fingerprint density at radius 1 is 1.10 bits per heavy atom. The molecule has 0 unspecified atom stereocenters. The number of hydrogen-bond donors (Lipinski definition) is 2. The molecule has 0 spiro atoms. The molecule has 20 heavy (non-hydrogen) atoms. The SMILES string of the molecule is Cc1ccccc1[C@H]1CNC(NCc2ccccc2)=N1. The van der Waals surface area contributed by atoms with Gasteiger partial charge in [0.05, 0.1) is 6.04 Å². The maximum atomic E-state index is 4.73. The molecule has 0 fully saturated rings. The monoisotopic (exact) mass is 265 g/mol. The lowest BCUT2D eigenvalue weighted by Gasteiger charge is -2.08. The zero-order chi connectivity index (χ0) is 13.8. The Hall–Kier alpha value is -2.29. The first-order chi connectivity index (χ1) is 9.83. The normalized spacial score (nSPS) is 17.4. The number of nitrogens with one attached hydrogen (secondary N) is 2. The van der Waals surface area contributed by atoms with Gasteiger partial charge in [-0.15, -0.1) is 0 Å². The van der Waals surface area contributed by atoms with E-state index in [-0.39, 0.29) is 6.04 Å². The molecule has 3 rings (SSSR count). The fourth-order valence-electron chi connectivity index (χ4n) is 2.47. The fraction of sp³-hybridized carbons (Fsp3) is 0.235. The van der Waals surface area contributed by atoms with Gasteiger partial charge in [-0.2, -0.15) is 0 Å². The minimum atomic E-state index is 0.217. The van der Waals surface area contributed by atoms with E-state index in [1.54, 1.807) is 0 Å². The van der Waals surface area contributed by atoms with Crippen LogP contribution in [0.5, 0.6) is 0 Å². The summed E-state index contributed by atoms with van der Waals surface area (Å²) in [6.07, 6.45) is 0. The molecule has 2 aromatic rings. The molecule has 0 saturated heterocycles. The highest BCUT2D eigenvalue weighted by Gasteiger charge is 2.19. The summed E-state index contributed by atoms with van der Waals surface area (Å²) in [5.74, 6) is 0.891. The summed E-state index contributed by atoms with van der Waals surface area (Å²) >= 11 is 0. The van der Waals surface area contributed by atoms with E-state index in [2.05, 4.69) is 66.1 Å². The van der Waals surface area contributed by atoms with Crippen molar-refractivity contribution >= 4 is 5.96 Å². The van der Waals surface area contributed by atoms with E-state index in [0.29, 0.717) is 0 Å². The molecular weight excluding hydrogens is 246 g/mol. The predicted molar refractivity (Wildman–Crippen MR) is 82.6 cm³/mol. The van der Waals surface area contributed by atoms with Crippen molar-refractivity contribution in [1.82, 2.24) is 10.6 Å². The molecule has 0 radical (unpaired) electrons. The predicted octanol–water partition coefficient (Wildman–Crippen LogP) is 2.79. The quantitative estimate of drug-likeness (QED) is 0.895. The molecule has 1 aliphatic rings. The lowest BCUT2D eigenvalue weighted by Crippen LogP contribution is -2.33. The van der Waals surface area contributed by atoms with Crippen LogP contribution in [0.1, 0.15) is 22.7 Å². The van der Waals surface area contributed by atoms with E-state index in [9.17, 15) is 0 Å². The van der Waals surface area contributed by atoms with E-state index in [0.717, 1.165) is 19.0 Å². The highest BCUT2D eigenvalue weighted by molar-refractivity contribution is 5.81. The van der Waals surface area contributed by atoms with Gasteiger partial charge in [0, 0.05) is 13.1 Å². The van der Waals surface area contributed by atoms with Crippen molar-refractivity contribution in [3.05, 3.63) is 71.3 Å². The summed E-state index contributed by atoms with van der Waals surface area (Å²) in [6, 6.07) is 19.0. The third-order valence-electron chi connectivity index (χ3n) is 3.60. The van der Waals surface area contributed by atoms with Crippen molar-refractivity contribution in [2.24, 2.45) is 4.99 Å². The number of benzene rings is 2. The topological polar surface area (TPSA) is 36.4 Å². The highest BCUT2D eigenvalue weighted by Crippen LogP contribution is 2.22. The third-order valence-corrected chi connectivity index (χ3v) is 3.60. The first-order valence-corrected chi connectivity index (χ1v) is 6.98. The van der Waals surface area contributed by atoms with Crippen molar-refractivity contribution in [2.75, 3.05) is 6.54 Å². The summed E-state index contributed by atoms with van der Waals surface area (Å²) in [5, 5.41) is 6.70. The zero-order valence-electron chi connectivity index (χ0n) is 11.6. The van der Waals surface area contributed by atoms with Gasteiger partial charge in [0.1, 0.15) is 0 Å². The molecule has 1 heterocycles. The van der Waals surface area contributed by atoms with E-state index < -0.39 is 0 Å². The van der Waals surface area contributed by atoms with Gasteiger partial charge in [-0.25, -0.2) is 4.99 Å². The van der Waals surface area contributed by atoms with Crippen LogP contribution in [0.25, 0.3) is 0 Å². The van der Waals surface area contributed by atoms with Crippen LogP contribution in [0.2, 0.25) is 0 Å². The number of rotatable bonds is 3. The van der Waals surface area contributed by atoms with Crippen LogP contribution in [-0.2, 0) is 6.54 Å². The molecule has 1 aliphatic heterocycles. The van der Waals surface area contributed by atoms with Crippen LogP contribution in [-0.4, -0.2) is 12.5 Å². The van der Waals surface area contributed by atoms with Crippen LogP contribution in [0.3, 0.4) is 0 Å². The smallest absolute Gasteiger partial charge is 0.192 e. The molecule has 0 aliphatic carbocycles.